The van der Waals surface area contributed by atoms with Crippen LogP contribution in [-0.2, 0) is 14.4 Å². The molecule has 2 aliphatic rings. The number of piperidine rings is 1. The normalized spacial score (nSPS) is 29.1. The summed E-state index contributed by atoms with van der Waals surface area (Å²) in [7, 11) is 3.09. The van der Waals surface area contributed by atoms with E-state index in [2.05, 4.69) is 0 Å². The first-order chi connectivity index (χ1) is 7.63. The second-order valence-electron chi connectivity index (χ2n) is 4.53. The van der Waals surface area contributed by atoms with Crippen LogP contribution in [0.25, 0.3) is 0 Å². The van der Waals surface area contributed by atoms with E-state index in [1.807, 2.05) is 4.90 Å². The fraction of sp³-hybridized carbons (Fsp3) is 0.818. The van der Waals surface area contributed by atoms with Crippen LogP contribution >= 0.6 is 0 Å². The molecule has 2 aliphatic heterocycles. The minimum absolute atomic E-state index is 0.0272. The van der Waals surface area contributed by atoms with Crippen LogP contribution in [0.4, 0.5) is 0 Å². The highest BCUT2D eigenvalue weighted by atomic mass is 16.7. The first kappa shape index (κ1) is 11.4. The number of carbonyl (C=O) groups is 2. The highest BCUT2D eigenvalue weighted by Crippen LogP contribution is 2.31. The number of amides is 2. The van der Waals surface area contributed by atoms with Gasteiger partial charge in [-0.25, -0.2) is 5.06 Å². The Morgan fingerprint density at radius 3 is 2.88 bits per heavy atom. The van der Waals surface area contributed by atoms with Gasteiger partial charge in [0.25, 0.3) is 5.91 Å². The van der Waals surface area contributed by atoms with Crippen LogP contribution in [0.15, 0.2) is 0 Å². The summed E-state index contributed by atoms with van der Waals surface area (Å²) < 4.78 is 0. The first-order valence-corrected chi connectivity index (χ1v) is 5.74. The largest absolute Gasteiger partial charge is 0.339 e. The van der Waals surface area contributed by atoms with Gasteiger partial charge in [0.1, 0.15) is 0 Å². The molecule has 5 heteroatoms. The number of fused-ring (bicyclic) bond motifs is 1. The van der Waals surface area contributed by atoms with Gasteiger partial charge < -0.3 is 4.90 Å². The zero-order chi connectivity index (χ0) is 11.7. The van der Waals surface area contributed by atoms with Crippen molar-refractivity contribution in [1.29, 1.82) is 0 Å². The Balaban J connectivity index is 1.99. The molecule has 0 aromatic heterocycles. The molecule has 90 valence electrons. The molecule has 0 aromatic carbocycles. The van der Waals surface area contributed by atoms with Crippen LogP contribution in [0.2, 0.25) is 0 Å². The first-order valence-electron chi connectivity index (χ1n) is 5.74. The zero-order valence-corrected chi connectivity index (χ0v) is 9.81. The number of hydroxylamine groups is 2. The lowest BCUT2D eigenvalue weighted by molar-refractivity contribution is -0.175. The van der Waals surface area contributed by atoms with Crippen molar-refractivity contribution in [2.75, 3.05) is 20.7 Å². The smallest absolute Gasteiger partial charge is 0.250 e. The fourth-order valence-corrected chi connectivity index (χ4v) is 2.62. The van der Waals surface area contributed by atoms with Gasteiger partial charge in [0.05, 0.1) is 13.0 Å². The van der Waals surface area contributed by atoms with Gasteiger partial charge in [-0.15, -0.1) is 0 Å². The van der Waals surface area contributed by atoms with Crippen LogP contribution in [0.3, 0.4) is 0 Å². The van der Waals surface area contributed by atoms with Crippen LogP contribution in [-0.4, -0.2) is 48.5 Å². The summed E-state index contributed by atoms with van der Waals surface area (Å²) in [6, 6.07) is 0.379. The number of hydrogen-bond donors (Lipinski definition) is 0. The van der Waals surface area contributed by atoms with E-state index in [0.29, 0.717) is 19.0 Å². The van der Waals surface area contributed by atoms with E-state index in [9.17, 15) is 9.59 Å². The summed E-state index contributed by atoms with van der Waals surface area (Å²) >= 11 is 0. The monoisotopic (exact) mass is 226 g/mol. The molecule has 0 bridgehead atoms. The molecular formula is C11H18N2O3. The van der Waals surface area contributed by atoms with E-state index in [-0.39, 0.29) is 17.7 Å². The second kappa shape index (κ2) is 4.41. The van der Waals surface area contributed by atoms with Gasteiger partial charge in [-0.3, -0.25) is 14.4 Å². The van der Waals surface area contributed by atoms with E-state index in [0.717, 1.165) is 19.3 Å². The maximum Gasteiger partial charge on any atom is 0.250 e. The van der Waals surface area contributed by atoms with Gasteiger partial charge >= 0.3 is 0 Å². The van der Waals surface area contributed by atoms with Crippen LogP contribution in [0.1, 0.15) is 25.7 Å². The average Bonchev–Trinajstić information content (AvgIpc) is 2.68. The van der Waals surface area contributed by atoms with E-state index in [4.69, 9.17) is 4.84 Å². The molecule has 2 heterocycles. The summed E-state index contributed by atoms with van der Waals surface area (Å²) in [5, 5.41) is 1.26. The van der Waals surface area contributed by atoms with Crippen molar-refractivity contribution in [3.63, 3.8) is 0 Å². The third kappa shape index (κ3) is 1.91. The van der Waals surface area contributed by atoms with Crippen LogP contribution in [0, 0.1) is 5.92 Å². The summed E-state index contributed by atoms with van der Waals surface area (Å²) in [6.07, 6.45) is 3.41. The van der Waals surface area contributed by atoms with Crippen molar-refractivity contribution in [3.05, 3.63) is 0 Å². The molecule has 2 fully saturated rings. The van der Waals surface area contributed by atoms with Crippen molar-refractivity contribution in [2.24, 2.45) is 5.92 Å². The molecule has 0 N–H and O–H groups in total. The third-order valence-electron chi connectivity index (χ3n) is 3.65. The van der Waals surface area contributed by atoms with E-state index in [1.54, 1.807) is 7.05 Å². The number of rotatable bonds is 2. The SMILES string of the molecule is CON(C)C(=O)C1CCC2CCC(=O)N2C1. The Morgan fingerprint density at radius 2 is 2.19 bits per heavy atom. The Labute approximate surface area is 95.3 Å². The molecule has 5 nitrogen and oxygen atoms in total. The van der Waals surface area contributed by atoms with Crippen molar-refractivity contribution in [3.8, 4) is 0 Å². The Bertz CT molecular complexity index is 306. The van der Waals surface area contributed by atoms with Gasteiger partial charge in [0.2, 0.25) is 5.91 Å². The predicted molar refractivity (Wildman–Crippen MR) is 57.2 cm³/mol. The standard InChI is InChI=1S/C11H18N2O3/c1-12(16-2)11(15)8-3-4-9-5-6-10(14)13(9)7-8/h8-9H,3-7H2,1-2H3. The molecule has 0 aliphatic carbocycles. The number of carbonyl (C=O) groups excluding carboxylic acids is 2. The maximum absolute atomic E-state index is 11.9. The van der Waals surface area contributed by atoms with Crippen molar-refractivity contribution in [2.45, 2.75) is 31.7 Å². The lowest BCUT2D eigenvalue weighted by atomic mass is 9.92. The van der Waals surface area contributed by atoms with E-state index >= 15 is 0 Å². The van der Waals surface area contributed by atoms with Crippen LogP contribution in [0.5, 0.6) is 0 Å². The lowest BCUT2D eigenvalue weighted by Crippen LogP contribution is -2.46. The molecule has 0 spiro atoms. The predicted octanol–water partition coefficient (Wildman–Crippen LogP) is 0.407. The van der Waals surface area contributed by atoms with Gasteiger partial charge in [0.15, 0.2) is 0 Å². The van der Waals surface area contributed by atoms with Gasteiger partial charge in [-0.1, -0.05) is 0 Å². The molecule has 0 radical (unpaired) electrons. The Morgan fingerprint density at radius 1 is 1.44 bits per heavy atom. The molecular weight excluding hydrogens is 208 g/mol. The molecule has 2 atom stereocenters. The topological polar surface area (TPSA) is 49.9 Å². The van der Waals surface area contributed by atoms with E-state index in [1.165, 1.54) is 12.2 Å². The fourth-order valence-electron chi connectivity index (χ4n) is 2.62. The van der Waals surface area contributed by atoms with Crippen molar-refractivity contribution >= 4 is 11.8 Å². The Kier molecular flexibility index (Phi) is 3.14. The zero-order valence-electron chi connectivity index (χ0n) is 9.81. The molecule has 0 aromatic rings. The summed E-state index contributed by atoms with van der Waals surface area (Å²) in [5.74, 6) is 0.0754. The number of nitrogens with zero attached hydrogens (tertiary/aromatic N) is 2. The van der Waals surface area contributed by atoms with Crippen molar-refractivity contribution in [1.82, 2.24) is 9.96 Å². The molecule has 0 saturated carbocycles. The summed E-state index contributed by atoms with van der Waals surface area (Å²) in [4.78, 5) is 30.2. The average molecular weight is 226 g/mol. The summed E-state index contributed by atoms with van der Waals surface area (Å²) in [5.41, 5.74) is 0. The van der Waals surface area contributed by atoms with Crippen LogP contribution < -0.4 is 0 Å². The van der Waals surface area contributed by atoms with E-state index < -0.39 is 0 Å². The van der Waals surface area contributed by atoms with Crippen molar-refractivity contribution < 1.29 is 14.4 Å². The minimum atomic E-state index is -0.0942. The third-order valence-corrected chi connectivity index (χ3v) is 3.65. The second-order valence-corrected chi connectivity index (χ2v) is 4.53. The maximum atomic E-state index is 11.9. The van der Waals surface area contributed by atoms with Gasteiger partial charge in [-0.2, -0.15) is 0 Å². The quantitative estimate of drug-likeness (QED) is 0.641. The highest BCUT2D eigenvalue weighted by molar-refractivity contribution is 5.82. The highest BCUT2D eigenvalue weighted by Gasteiger charge is 2.39. The molecule has 2 rings (SSSR count). The molecule has 16 heavy (non-hydrogen) atoms. The van der Waals surface area contributed by atoms with Gasteiger partial charge in [0, 0.05) is 26.1 Å². The molecule has 2 unspecified atom stereocenters. The Hall–Kier alpha value is -1.10. The van der Waals surface area contributed by atoms with Gasteiger partial charge in [-0.05, 0) is 19.3 Å². The summed E-state index contributed by atoms with van der Waals surface area (Å²) in [6.45, 7) is 0.566. The molecule has 2 amide bonds. The molecule has 2 saturated heterocycles. The lowest BCUT2D eigenvalue weighted by Gasteiger charge is -2.35. The number of hydrogen-bond acceptors (Lipinski definition) is 3. The minimum Gasteiger partial charge on any atom is -0.339 e.